The van der Waals surface area contributed by atoms with Gasteiger partial charge >= 0.3 is 0 Å². The summed E-state index contributed by atoms with van der Waals surface area (Å²) < 4.78 is 12.5. The number of benzene rings is 2. The molecular formula is C24H24N4O4. The first-order valence-electron chi connectivity index (χ1n) is 10.7. The van der Waals surface area contributed by atoms with Crippen LogP contribution in [0.3, 0.4) is 0 Å². The Morgan fingerprint density at radius 2 is 1.75 bits per heavy atom. The Morgan fingerprint density at radius 1 is 1.00 bits per heavy atom. The number of aromatic nitrogens is 2. The SMILES string of the molecule is Cc1ccnn1-c1ccc(C(=O)N2CCC(C(=O)Nc3ccc4c(c3)OCO4)CC2)cc1. The van der Waals surface area contributed by atoms with Gasteiger partial charge in [-0.2, -0.15) is 5.10 Å². The largest absolute Gasteiger partial charge is 0.454 e. The molecule has 1 saturated heterocycles. The van der Waals surface area contributed by atoms with Gasteiger partial charge in [-0.15, -0.1) is 0 Å². The van der Waals surface area contributed by atoms with Crippen molar-refractivity contribution in [2.24, 2.45) is 5.92 Å². The smallest absolute Gasteiger partial charge is 0.253 e. The van der Waals surface area contributed by atoms with E-state index in [-0.39, 0.29) is 24.5 Å². The lowest BCUT2D eigenvalue weighted by atomic mass is 9.95. The maximum Gasteiger partial charge on any atom is 0.253 e. The van der Waals surface area contributed by atoms with Crippen LogP contribution in [-0.4, -0.2) is 46.4 Å². The van der Waals surface area contributed by atoms with Crippen molar-refractivity contribution < 1.29 is 19.1 Å². The van der Waals surface area contributed by atoms with Gasteiger partial charge in [0.1, 0.15) is 0 Å². The first kappa shape index (κ1) is 20.1. The minimum absolute atomic E-state index is 0.0108. The number of ether oxygens (including phenoxy) is 2. The molecule has 8 heteroatoms. The number of nitrogens with one attached hydrogen (secondary N) is 1. The summed E-state index contributed by atoms with van der Waals surface area (Å²) in [6.07, 6.45) is 3.01. The number of amides is 2. The van der Waals surface area contributed by atoms with Gasteiger partial charge < -0.3 is 19.7 Å². The van der Waals surface area contributed by atoms with Crippen molar-refractivity contribution in [1.82, 2.24) is 14.7 Å². The van der Waals surface area contributed by atoms with Gasteiger partial charge in [0.2, 0.25) is 12.7 Å². The summed E-state index contributed by atoms with van der Waals surface area (Å²) in [5.41, 5.74) is 3.28. The van der Waals surface area contributed by atoms with Gasteiger partial charge in [0.25, 0.3) is 5.91 Å². The fourth-order valence-corrected chi connectivity index (χ4v) is 4.13. The van der Waals surface area contributed by atoms with Gasteiger partial charge in [0.05, 0.1) is 5.69 Å². The summed E-state index contributed by atoms with van der Waals surface area (Å²) in [7, 11) is 0. The summed E-state index contributed by atoms with van der Waals surface area (Å²) >= 11 is 0. The van der Waals surface area contributed by atoms with Gasteiger partial charge in [-0.3, -0.25) is 9.59 Å². The molecule has 32 heavy (non-hydrogen) atoms. The number of anilines is 1. The summed E-state index contributed by atoms with van der Waals surface area (Å²) in [4.78, 5) is 27.4. The fourth-order valence-electron chi connectivity index (χ4n) is 4.13. The molecule has 5 rings (SSSR count). The molecule has 2 aliphatic rings. The molecule has 0 saturated carbocycles. The van der Waals surface area contributed by atoms with E-state index in [9.17, 15) is 9.59 Å². The molecule has 1 fully saturated rings. The van der Waals surface area contributed by atoms with Crippen molar-refractivity contribution in [1.29, 1.82) is 0 Å². The van der Waals surface area contributed by atoms with Crippen LogP contribution in [0.25, 0.3) is 5.69 Å². The molecule has 1 N–H and O–H groups in total. The molecule has 2 aromatic carbocycles. The highest BCUT2D eigenvalue weighted by Crippen LogP contribution is 2.34. The number of likely N-dealkylation sites (tertiary alicyclic amines) is 1. The molecule has 1 aromatic heterocycles. The normalized spacial score (nSPS) is 15.6. The van der Waals surface area contributed by atoms with Crippen molar-refractivity contribution in [3.8, 4) is 17.2 Å². The number of hydrogen-bond acceptors (Lipinski definition) is 5. The number of nitrogens with zero attached hydrogens (tertiary/aromatic N) is 3. The van der Waals surface area contributed by atoms with E-state index >= 15 is 0 Å². The first-order chi connectivity index (χ1) is 15.6. The Bertz CT molecular complexity index is 1150. The summed E-state index contributed by atoms with van der Waals surface area (Å²) in [6.45, 7) is 3.29. The van der Waals surface area contributed by atoms with Crippen LogP contribution in [0, 0.1) is 12.8 Å². The maximum absolute atomic E-state index is 12.9. The van der Waals surface area contributed by atoms with Crippen molar-refractivity contribution >= 4 is 17.5 Å². The maximum atomic E-state index is 12.9. The van der Waals surface area contributed by atoms with Gasteiger partial charge in [0.15, 0.2) is 11.5 Å². The van der Waals surface area contributed by atoms with Crippen LogP contribution >= 0.6 is 0 Å². The van der Waals surface area contributed by atoms with E-state index in [0.29, 0.717) is 48.7 Å². The van der Waals surface area contributed by atoms with E-state index in [0.717, 1.165) is 11.4 Å². The number of rotatable bonds is 4. The van der Waals surface area contributed by atoms with E-state index in [4.69, 9.17) is 9.47 Å². The van der Waals surface area contributed by atoms with Crippen LogP contribution < -0.4 is 14.8 Å². The van der Waals surface area contributed by atoms with Gasteiger partial charge in [-0.25, -0.2) is 4.68 Å². The lowest BCUT2D eigenvalue weighted by Crippen LogP contribution is -2.41. The standard InChI is InChI=1S/C24H24N4O4/c1-16-8-11-25-28(16)20-5-2-18(3-6-20)24(30)27-12-9-17(10-13-27)23(29)26-19-4-7-21-22(14-19)32-15-31-21/h2-8,11,14,17H,9-10,12-13,15H2,1H3,(H,26,29). The van der Waals surface area contributed by atoms with Crippen LogP contribution in [-0.2, 0) is 4.79 Å². The zero-order valence-electron chi connectivity index (χ0n) is 17.8. The lowest BCUT2D eigenvalue weighted by molar-refractivity contribution is -0.121. The Kier molecular flexibility index (Phi) is 5.26. The zero-order valence-corrected chi connectivity index (χ0v) is 17.8. The molecule has 0 aliphatic carbocycles. The Hall–Kier alpha value is -3.81. The molecule has 0 spiro atoms. The second kappa shape index (κ2) is 8.37. The molecule has 0 unspecified atom stereocenters. The van der Waals surface area contributed by atoms with Crippen LogP contribution in [0.5, 0.6) is 11.5 Å². The molecule has 164 valence electrons. The number of piperidine rings is 1. The van der Waals surface area contributed by atoms with Gasteiger partial charge in [-0.1, -0.05) is 0 Å². The molecule has 0 radical (unpaired) electrons. The van der Waals surface area contributed by atoms with Crippen LogP contribution in [0.15, 0.2) is 54.7 Å². The average Bonchev–Trinajstić information content (AvgIpc) is 3.47. The van der Waals surface area contributed by atoms with E-state index in [1.54, 1.807) is 24.4 Å². The molecule has 2 amide bonds. The van der Waals surface area contributed by atoms with E-state index in [2.05, 4.69) is 10.4 Å². The molecule has 3 heterocycles. The molecule has 0 bridgehead atoms. The molecule has 2 aliphatic heterocycles. The Morgan fingerprint density at radius 3 is 2.47 bits per heavy atom. The number of aryl methyl sites for hydroxylation is 1. The van der Waals surface area contributed by atoms with E-state index in [1.807, 2.05) is 46.8 Å². The number of hydrogen-bond donors (Lipinski definition) is 1. The van der Waals surface area contributed by atoms with Crippen LogP contribution in [0.2, 0.25) is 0 Å². The highest BCUT2D eigenvalue weighted by molar-refractivity contribution is 5.95. The van der Waals surface area contributed by atoms with E-state index < -0.39 is 0 Å². The second-order valence-electron chi connectivity index (χ2n) is 8.06. The van der Waals surface area contributed by atoms with E-state index in [1.165, 1.54) is 0 Å². The molecule has 3 aromatic rings. The Balaban J connectivity index is 1.17. The van der Waals surface area contributed by atoms with Crippen LogP contribution in [0.4, 0.5) is 5.69 Å². The third-order valence-corrected chi connectivity index (χ3v) is 5.98. The third kappa shape index (κ3) is 3.91. The molecular weight excluding hydrogens is 408 g/mol. The monoisotopic (exact) mass is 432 g/mol. The average molecular weight is 432 g/mol. The van der Waals surface area contributed by atoms with Crippen molar-refractivity contribution in [3.05, 3.63) is 66.0 Å². The third-order valence-electron chi connectivity index (χ3n) is 5.98. The van der Waals surface area contributed by atoms with Gasteiger partial charge in [0, 0.05) is 48.2 Å². The fraction of sp³-hybridized carbons (Fsp3) is 0.292. The quantitative estimate of drug-likeness (QED) is 0.683. The van der Waals surface area contributed by atoms with Gasteiger partial charge in [-0.05, 0) is 62.2 Å². The minimum atomic E-state index is -0.130. The zero-order chi connectivity index (χ0) is 22.1. The highest BCUT2D eigenvalue weighted by atomic mass is 16.7. The predicted octanol–water partition coefficient (Wildman–Crippen LogP) is 3.40. The van der Waals surface area contributed by atoms with Crippen LogP contribution in [0.1, 0.15) is 28.9 Å². The van der Waals surface area contributed by atoms with Crippen molar-refractivity contribution in [3.63, 3.8) is 0 Å². The highest BCUT2D eigenvalue weighted by Gasteiger charge is 2.28. The number of fused-ring (bicyclic) bond motifs is 1. The van der Waals surface area contributed by atoms with Crippen molar-refractivity contribution in [2.75, 3.05) is 25.2 Å². The predicted molar refractivity (Wildman–Crippen MR) is 118 cm³/mol. The first-order valence-corrected chi connectivity index (χ1v) is 10.7. The second-order valence-corrected chi connectivity index (χ2v) is 8.06. The minimum Gasteiger partial charge on any atom is -0.454 e. The number of carbonyl (C=O) groups excluding carboxylic acids is 2. The summed E-state index contributed by atoms with van der Waals surface area (Å²) in [5, 5.41) is 7.25. The Labute approximate surface area is 185 Å². The molecule has 8 nitrogen and oxygen atoms in total. The van der Waals surface area contributed by atoms with Crippen molar-refractivity contribution in [2.45, 2.75) is 19.8 Å². The topological polar surface area (TPSA) is 85.7 Å². The molecule has 0 atom stereocenters. The summed E-state index contributed by atoms with van der Waals surface area (Å²) in [6, 6.07) is 14.8. The number of carbonyl (C=O) groups is 2. The summed E-state index contributed by atoms with van der Waals surface area (Å²) in [5.74, 6) is 1.15. The lowest BCUT2D eigenvalue weighted by Gasteiger charge is -2.31.